The fourth-order valence-corrected chi connectivity index (χ4v) is 4.61. The fourth-order valence-electron chi connectivity index (χ4n) is 4.43. The van der Waals surface area contributed by atoms with Gasteiger partial charge in [0.2, 0.25) is 5.95 Å². The van der Waals surface area contributed by atoms with E-state index in [2.05, 4.69) is 35.5 Å². The zero-order valence-electron chi connectivity index (χ0n) is 17.6. The van der Waals surface area contributed by atoms with Crippen LogP contribution in [0.15, 0.2) is 30.7 Å². The van der Waals surface area contributed by atoms with Gasteiger partial charge in [0.05, 0.1) is 24.4 Å². The van der Waals surface area contributed by atoms with Crippen LogP contribution in [0.3, 0.4) is 0 Å². The lowest BCUT2D eigenvalue weighted by molar-refractivity contribution is 0.0310. The summed E-state index contributed by atoms with van der Waals surface area (Å²) in [5.41, 5.74) is 1.83. The van der Waals surface area contributed by atoms with Gasteiger partial charge in [0, 0.05) is 31.4 Å². The van der Waals surface area contributed by atoms with Crippen LogP contribution in [0.25, 0.3) is 11.0 Å². The van der Waals surface area contributed by atoms with Crippen molar-refractivity contribution < 1.29 is 9.13 Å². The third-order valence-electron chi connectivity index (χ3n) is 6.05. The maximum absolute atomic E-state index is 13.5. The molecule has 3 heterocycles. The second-order valence-electron chi connectivity index (χ2n) is 8.34. The number of benzene rings is 1. The lowest BCUT2D eigenvalue weighted by atomic mass is 10.1. The Morgan fingerprint density at radius 2 is 2.03 bits per heavy atom. The van der Waals surface area contributed by atoms with Crippen LogP contribution < -0.4 is 10.6 Å². The number of nitrogens with zero attached hydrogens (tertiary/aromatic N) is 5. The van der Waals surface area contributed by atoms with Gasteiger partial charge in [0.25, 0.3) is 0 Å². The molecule has 2 atom stereocenters. The number of halogens is 2. The van der Waals surface area contributed by atoms with E-state index in [9.17, 15) is 4.39 Å². The number of hydrogen-bond donors (Lipinski definition) is 2. The van der Waals surface area contributed by atoms with E-state index in [-0.39, 0.29) is 5.02 Å². The highest BCUT2D eigenvalue weighted by Crippen LogP contribution is 2.29. The molecule has 0 radical (unpaired) electrons. The summed E-state index contributed by atoms with van der Waals surface area (Å²) in [6.45, 7) is 4.85. The van der Waals surface area contributed by atoms with Crippen molar-refractivity contribution in [1.29, 1.82) is 0 Å². The Bertz CT molecular complexity index is 1100. The maximum atomic E-state index is 13.5. The molecular formula is C22H25ClFN7O. The van der Waals surface area contributed by atoms with Crippen LogP contribution in [0.1, 0.15) is 19.3 Å². The molecule has 10 heteroatoms. The van der Waals surface area contributed by atoms with Gasteiger partial charge >= 0.3 is 0 Å². The minimum atomic E-state index is -0.470. The number of aromatic nitrogens is 4. The van der Waals surface area contributed by atoms with E-state index in [0.717, 1.165) is 45.7 Å². The first-order chi connectivity index (χ1) is 15.6. The van der Waals surface area contributed by atoms with Gasteiger partial charge in [0.1, 0.15) is 23.2 Å². The first-order valence-corrected chi connectivity index (χ1v) is 11.3. The summed E-state index contributed by atoms with van der Waals surface area (Å²) in [6.07, 6.45) is 6.53. The highest BCUT2D eigenvalue weighted by Gasteiger charge is 2.27. The van der Waals surface area contributed by atoms with E-state index in [1.54, 1.807) is 12.3 Å². The van der Waals surface area contributed by atoms with Gasteiger partial charge in [-0.15, -0.1) is 0 Å². The summed E-state index contributed by atoms with van der Waals surface area (Å²) in [7, 11) is 0. The highest BCUT2D eigenvalue weighted by atomic mass is 35.5. The van der Waals surface area contributed by atoms with Crippen LogP contribution in [0.4, 0.5) is 21.8 Å². The number of anilines is 3. The van der Waals surface area contributed by atoms with Gasteiger partial charge < -0.3 is 15.4 Å². The minimum absolute atomic E-state index is 0.0400. The predicted molar refractivity (Wildman–Crippen MR) is 122 cm³/mol. The summed E-state index contributed by atoms with van der Waals surface area (Å²) in [6, 6.07) is 4.76. The minimum Gasteiger partial charge on any atom is -0.379 e. The Morgan fingerprint density at radius 3 is 2.88 bits per heavy atom. The van der Waals surface area contributed by atoms with E-state index in [1.807, 2.05) is 0 Å². The number of morpholine rings is 1. The van der Waals surface area contributed by atoms with Crippen LogP contribution in [-0.2, 0) is 4.74 Å². The molecule has 2 N–H and O–H groups in total. The molecule has 0 bridgehead atoms. The van der Waals surface area contributed by atoms with Crippen molar-refractivity contribution >= 4 is 40.1 Å². The van der Waals surface area contributed by atoms with Crippen LogP contribution in [0.5, 0.6) is 0 Å². The average Bonchev–Trinajstić information content (AvgIpc) is 3.24. The Kier molecular flexibility index (Phi) is 6.29. The molecule has 168 valence electrons. The van der Waals surface area contributed by atoms with Gasteiger partial charge in [-0.25, -0.2) is 24.3 Å². The lowest BCUT2D eigenvalue weighted by Crippen LogP contribution is -2.39. The molecule has 1 aliphatic heterocycles. The third-order valence-corrected chi connectivity index (χ3v) is 6.34. The first-order valence-electron chi connectivity index (χ1n) is 10.9. The Balaban J connectivity index is 1.28. The molecule has 3 aromatic rings. The molecule has 2 aliphatic rings. The largest absolute Gasteiger partial charge is 0.379 e. The van der Waals surface area contributed by atoms with Gasteiger partial charge in [-0.05, 0) is 43.4 Å². The monoisotopic (exact) mass is 457 g/mol. The van der Waals surface area contributed by atoms with Crippen LogP contribution >= 0.6 is 11.6 Å². The molecule has 2 fully saturated rings. The second kappa shape index (κ2) is 9.48. The molecule has 8 nitrogen and oxygen atoms in total. The van der Waals surface area contributed by atoms with Crippen molar-refractivity contribution in [2.24, 2.45) is 5.92 Å². The summed E-state index contributed by atoms with van der Waals surface area (Å²) in [5, 5.41) is 6.68. The first kappa shape index (κ1) is 21.2. The molecule has 32 heavy (non-hydrogen) atoms. The van der Waals surface area contributed by atoms with E-state index < -0.39 is 5.82 Å². The SMILES string of the molecule is Fc1ccc(Nc2ncnc3cnc(NC4CCC(CN5CCOCC5)C4)nc23)cc1Cl. The smallest absolute Gasteiger partial charge is 0.223 e. The Labute approximate surface area is 190 Å². The molecule has 2 aromatic heterocycles. The third kappa shape index (κ3) is 4.90. The highest BCUT2D eigenvalue weighted by molar-refractivity contribution is 6.31. The number of fused-ring (bicyclic) bond motifs is 1. The average molecular weight is 458 g/mol. The molecular weight excluding hydrogens is 433 g/mol. The molecule has 0 spiro atoms. The van der Waals surface area contributed by atoms with E-state index in [4.69, 9.17) is 16.3 Å². The summed E-state index contributed by atoms with van der Waals surface area (Å²) >= 11 is 5.90. The molecule has 1 aromatic carbocycles. The normalized spacial score (nSPS) is 21.7. The van der Waals surface area contributed by atoms with Crippen LogP contribution in [0, 0.1) is 11.7 Å². The van der Waals surface area contributed by atoms with Crippen molar-refractivity contribution in [3.05, 3.63) is 41.6 Å². The molecule has 2 unspecified atom stereocenters. The zero-order chi connectivity index (χ0) is 21.9. The number of rotatable bonds is 6. The summed E-state index contributed by atoms with van der Waals surface area (Å²) in [5.74, 6) is 1.28. The molecule has 1 aliphatic carbocycles. The number of nitrogens with one attached hydrogen (secondary N) is 2. The van der Waals surface area contributed by atoms with Crippen LogP contribution in [-0.4, -0.2) is 63.7 Å². The maximum Gasteiger partial charge on any atom is 0.223 e. The van der Waals surface area contributed by atoms with Crippen molar-refractivity contribution in [2.45, 2.75) is 25.3 Å². The van der Waals surface area contributed by atoms with Crippen molar-refractivity contribution in [3.8, 4) is 0 Å². The lowest BCUT2D eigenvalue weighted by Gasteiger charge is -2.29. The van der Waals surface area contributed by atoms with Crippen LogP contribution in [0.2, 0.25) is 5.02 Å². The topological polar surface area (TPSA) is 88.1 Å². The molecule has 5 rings (SSSR count). The molecule has 1 saturated heterocycles. The summed E-state index contributed by atoms with van der Waals surface area (Å²) in [4.78, 5) is 20.2. The molecule has 0 amide bonds. The zero-order valence-corrected chi connectivity index (χ0v) is 18.4. The Hall–Kier alpha value is -2.62. The van der Waals surface area contributed by atoms with Crippen molar-refractivity contribution in [3.63, 3.8) is 0 Å². The number of ether oxygens (including phenoxy) is 1. The van der Waals surface area contributed by atoms with Gasteiger partial charge in [0.15, 0.2) is 5.82 Å². The van der Waals surface area contributed by atoms with Crippen molar-refractivity contribution in [1.82, 2.24) is 24.8 Å². The fraction of sp³-hybridized carbons (Fsp3) is 0.455. The Morgan fingerprint density at radius 1 is 1.16 bits per heavy atom. The van der Waals surface area contributed by atoms with Gasteiger partial charge in [-0.3, -0.25) is 4.90 Å². The van der Waals surface area contributed by atoms with E-state index in [0.29, 0.717) is 40.4 Å². The predicted octanol–water partition coefficient (Wildman–Crippen LogP) is 3.87. The summed E-state index contributed by atoms with van der Waals surface area (Å²) < 4.78 is 18.9. The number of hydrogen-bond acceptors (Lipinski definition) is 8. The standard InChI is InChI=1S/C22H25ClFN7O/c23-17-10-16(3-4-18(17)24)28-21-20-19(26-13-27-21)11-25-22(30-20)29-15-2-1-14(9-15)12-31-5-7-32-8-6-31/h3-4,10-11,13-15H,1-2,5-9,12H2,(H,25,29,30)(H,26,27,28). The molecule has 1 saturated carbocycles. The van der Waals surface area contributed by atoms with Crippen molar-refractivity contribution in [2.75, 3.05) is 43.5 Å². The van der Waals surface area contributed by atoms with E-state index >= 15 is 0 Å². The van der Waals surface area contributed by atoms with Gasteiger partial charge in [-0.2, -0.15) is 0 Å². The second-order valence-corrected chi connectivity index (χ2v) is 8.74. The quantitative estimate of drug-likeness (QED) is 0.576. The van der Waals surface area contributed by atoms with E-state index in [1.165, 1.54) is 24.9 Å². The van der Waals surface area contributed by atoms with Gasteiger partial charge in [-0.1, -0.05) is 11.6 Å².